The molecule has 4 aromatic heterocycles. The summed E-state index contributed by atoms with van der Waals surface area (Å²) in [5.74, 6) is 1.73. The van der Waals surface area contributed by atoms with Crippen molar-refractivity contribution in [1.29, 1.82) is 0 Å². The van der Waals surface area contributed by atoms with Crippen molar-refractivity contribution in [3.05, 3.63) is 176 Å². The highest BCUT2D eigenvalue weighted by molar-refractivity contribution is 6.25. The van der Waals surface area contributed by atoms with Gasteiger partial charge in [-0.2, -0.15) is 0 Å². The molecule has 13 aromatic rings. The van der Waals surface area contributed by atoms with Crippen LogP contribution in [-0.2, 0) is 0 Å². The average Bonchev–Trinajstić information content (AvgIpc) is 3.87. The molecule has 0 N–H and O–H groups in total. The van der Waals surface area contributed by atoms with Gasteiger partial charge in [-0.15, -0.1) is 0 Å². The second kappa shape index (κ2) is 11.8. The molecule has 0 atom stereocenters. The number of fused-ring (bicyclic) bond motifs is 17. The van der Waals surface area contributed by atoms with Crippen LogP contribution in [0.2, 0.25) is 0 Å². The van der Waals surface area contributed by atoms with Gasteiger partial charge >= 0.3 is 0 Å². The first-order valence-corrected chi connectivity index (χ1v) is 19.5. The van der Waals surface area contributed by atoms with Crippen molar-refractivity contribution in [1.82, 2.24) is 24.3 Å². The number of hydrogen-bond donors (Lipinski definition) is 0. The van der Waals surface area contributed by atoms with Gasteiger partial charge in [0.05, 0.1) is 16.6 Å². The number of furan rings is 1. The maximum Gasteiger partial charge on any atom is 0.164 e. The van der Waals surface area contributed by atoms with Crippen molar-refractivity contribution in [2.45, 2.75) is 0 Å². The molecule has 0 aliphatic rings. The van der Waals surface area contributed by atoms with Gasteiger partial charge in [-0.3, -0.25) is 4.40 Å². The lowest BCUT2D eigenvalue weighted by atomic mass is 9.93. The third-order valence-corrected chi connectivity index (χ3v) is 11.8. The van der Waals surface area contributed by atoms with E-state index in [0.717, 1.165) is 71.6 Å². The molecule has 268 valence electrons. The molecule has 0 fully saturated rings. The van der Waals surface area contributed by atoms with E-state index < -0.39 is 0 Å². The smallest absolute Gasteiger partial charge is 0.164 e. The Morgan fingerprint density at radius 3 is 1.47 bits per heavy atom. The zero-order valence-electron chi connectivity index (χ0n) is 30.9. The van der Waals surface area contributed by atoms with E-state index in [4.69, 9.17) is 24.4 Å². The van der Waals surface area contributed by atoms with Gasteiger partial charge in [0.2, 0.25) is 0 Å². The van der Waals surface area contributed by atoms with Crippen molar-refractivity contribution in [3.8, 4) is 34.2 Å². The van der Waals surface area contributed by atoms with Crippen LogP contribution in [0.25, 0.3) is 127 Å². The van der Waals surface area contributed by atoms with Crippen LogP contribution in [0, 0.1) is 0 Å². The molecule has 0 bridgehead atoms. The van der Waals surface area contributed by atoms with Crippen LogP contribution in [0.4, 0.5) is 0 Å². The molecule has 13 rings (SSSR count). The lowest BCUT2D eigenvalue weighted by molar-refractivity contribution is 0.669. The minimum atomic E-state index is 0.568. The molecule has 0 saturated carbocycles. The molecule has 0 aliphatic heterocycles. The van der Waals surface area contributed by atoms with E-state index in [1.54, 1.807) is 0 Å². The quantitative estimate of drug-likeness (QED) is 0.169. The van der Waals surface area contributed by atoms with E-state index in [1.807, 2.05) is 24.3 Å². The van der Waals surface area contributed by atoms with Crippen LogP contribution >= 0.6 is 0 Å². The summed E-state index contributed by atoms with van der Waals surface area (Å²) in [6.45, 7) is 0. The first kappa shape index (κ1) is 31.3. The summed E-state index contributed by atoms with van der Waals surface area (Å²) in [5.41, 5.74) is 8.20. The van der Waals surface area contributed by atoms with Gasteiger partial charge in [0.1, 0.15) is 16.8 Å². The summed E-state index contributed by atoms with van der Waals surface area (Å²) in [5, 5.41) is 12.9. The van der Waals surface area contributed by atoms with Crippen molar-refractivity contribution in [2.24, 2.45) is 0 Å². The Morgan fingerprint density at radius 2 is 0.776 bits per heavy atom. The van der Waals surface area contributed by atoms with Gasteiger partial charge in [0, 0.05) is 38.2 Å². The molecule has 0 unspecified atom stereocenters. The van der Waals surface area contributed by atoms with E-state index in [2.05, 4.69) is 156 Å². The van der Waals surface area contributed by atoms with Crippen LogP contribution in [0.1, 0.15) is 0 Å². The lowest BCUT2D eigenvalue weighted by Crippen LogP contribution is -2.00. The summed E-state index contributed by atoms with van der Waals surface area (Å²) in [7, 11) is 0. The SMILES string of the molecule is c1ccc2c(c1)oc1cc(-c3nc(-c4ccc5c(c4)nc4c6ccccc6c6ccccc6n54)nc(-c4ccc5c6ccccc6c6ccccc6c5c4)n3)ccc12. The topological polar surface area (TPSA) is 69.1 Å². The Morgan fingerprint density at radius 1 is 0.310 bits per heavy atom. The molecule has 6 nitrogen and oxygen atoms in total. The van der Waals surface area contributed by atoms with E-state index >= 15 is 0 Å². The second-order valence-electron chi connectivity index (χ2n) is 15.0. The molecular weight excluding hydrogens is 711 g/mol. The van der Waals surface area contributed by atoms with Crippen LogP contribution < -0.4 is 0 Å². The first-order valence-electron chi connectivity index (χ1n) is 19.5. The molecule has 0 spiro atoms. The van der Waals surface area contributed by atoms with Gasteiger partial charge in [-0.05, 0) is 86.2 Å². The van der Waals surface area contributed by atoms with Crippen LogP contribution in [0.5, 0.6) is 0 Å². The number of hydrogen-bond acceptors (Lipinski definition) is 5. The molecular formula is C52H29N5O. The van der Waals surface area contributed by atoms with Gasteiger partial charge in [0.25, 0.3) is 0 Å². The minimum Gasteiger partial charge on any atom is -0.456 e. The number of nitrogens with zero attached hydrogens (tertiary/aromatic N) is 5. The fourth-order valence-corrected chi connectivity index (χ4v) is 9.13. The predicted octanol–water partition coefficient (Wildman–Crippen LogP) is 13.3. The number of pyridine rings is 1. The number of rotatable bonds is 3. The Bertz CT molecular complexity index is 3840. The third-order valence-electron chi connectivity index (χ3n) is 11.8. The standard InChI is InChI=1S/C52H29N5O/c1-2-13-35-33(11-1)34-12-3-4-14-36(34)43-27-30(21-24-38(35)43)49-54-50(56-51(55-49)32-22-25-41-40-17-8-10-20-47(40)58-48(41)29-32)31-23-26-46-44(28-31)53-52-42-18-6-5-15-37(42)39-16-7-9-19-45(39)57(46)52/h1-29H. The number of aromatic nitrogens is 5. The Balaban J connectivity index is 1.05. The van der Waals surface area contributed by atoms with Gasteiger partial charge < -0.3 is 4.42 Å². The summed E-state index contributed by atoms with van der Waals surface area (Å²) >= 11 is 0. The molecule has 6 heteroatoms. The van der Waals surface area contributed by atoms with Crippen LogP contribution in [-0.4, -0.2) is 24.3 Å². The lowest BCUT2D eigenvalue weighted by Gasteiger charge is -2.12. The molecule has 0 amide bonds. The predicted molar refractivity (Wildman–Crippen MR) is 237 cm³/mol. The third kappa shape index (κ3) is 4.48. The van der Waals surface area contributed by atoms with E-state index in [0.29, 0.717) is 17.5 Å². The number of para-hydroxylation sites is 2. The van der Waals surface area contributed by atoms with Crippen molar-refractivity contribution in [3.63, 3.8) is 0 Å². The Hall–Kier alpha value is -7.96. The highest BCUT2D eigenvalue weighted by atomic mass is 16.3. The van der Waals surface area contributed by atoms with Gasteiger partial charge in [0.15, 0.2) is 17.5 Å². The summed E-state index contributed by atoms with van der Waals surface area (Å²) in [6.07, 6.45) is 0. The Kier molecular flexibility index (Phi) is 6.35. The largest absolute Gasteiger partial charge is 0.456 e. The fraction of sp³-hybridized carbons (Fsp3) is 0. The summed E-state index contributed by atoms with van der Waals surface area (Å²) in [4.78, 5) is 20.9. The van der Waals surface area contributed by atoms with E-state index in [9.17, 15) is 0 Å². The highest BCUT2D eigenvalue weighted by Gasteiger charge is 2.19. The molecule has 0 saturated heterocycles. The number of benzene rings is 9. The van der Waals surface area contributed by atoms with Crippen LogP contribution in [0.15, 0.2) is 180 Å². The molecule has 9 aromatic carbocycles. The van der Waals surface area contributed by atoms with Crippen molar-refractivity contribution in [2.75, 3.05) is 0 Å². The zero-order valence-corrected chi connectivity index (χ0v) is 30.9. The van der Waals surface area contributed by atoms with Gasteiger partial charge in [-0.1, -0.05) is 127 Å². The van der Waals surface area contributed by atoms with E-state index in [1.165, 1.54) is 37.7 Å². The minimum absolute atomic E-state index is 0.568. The summed E-state index contributed by atoms with van der Waals surface area (Å²) < 4.78 is 8.60. The van der Waals surface area contributed by atoms with Crippen molar-refractivity contribution >= 4 is 92.6 Å². The maximum absolute atomic E-state index is 6.32. The molecule has 58 heavy (non-hydrogen) atoms. The van der Waals surface area contributed by atoms with E-state index in [-0.39, 0.29) is 0 Å². The summed E-state index contributed by atoms with van der Waals surface area (Å²) in [6, 6.07) is 61.6. The van der Waals surface area contributed by atoms with Crippen molar-refractivity contribution < 1.29 is 4.42 Å². The molecule has 0 aliphatic carbocycles. The average molecular weight is 740 g/mol. The maximum atomic E-state index is 6.32. The second-order valence-corrected chi connectivity index (χ2v) is 15.0. The zero-order chi connectivity index (χ0) is 37.9. The fourth-order valence-electron chi connectivity index (χ4n) is 9.13. The normalized spacial score (nSPS) is 12.1. The molecule has 0 radical (unpaired) electrons. The number of imidazole rings is 1. The Labute approximate surface area is 330 Å². The highest BCUT2D eigenvalue weighted by Crippen LogP contribution is 2.39. The molecule has 4 heterocycles. The van der Waals surface area contributed by atoms with Crippen LogP contribution in [0.3, 0.4) is 0 Å². The first-order chi connectivity index (χ1) is 28.7. The van der Waals surface area contributed by atoms with Gasteiger partial charge in [-0.25, -0.2) is 19.9 Å². The monoisotopic (exact) mass is 739 g/mol.